The molecule has 0 unspecified atom stereocenters. The number of amides is 3. The van der Waals surface area contributed by atoms with Crippen molar-refractivity contribution in [3.8, 4) is 0 Å². The highest BCUT2D eigenvalue weighted by Crippen LogP contribution is 2.28. The van der Waals surface area contributed by atoms with Crippen molar-refractivity contribution in [2.45, 2.75) is 12.5 Å². The highest BCUT2D eigenvalue weighted by molar-refractivity contribution is 6.10. The van der Waals surface area contributed by atoms with Crippen molar-refractivity contribution in [1.29, 1.82) is 0 Å². The van der Waals surface area contributed by atoms with Gasteiger partial charge >= 0.3 is 6.03 Å². The largest absolute Gasteiger partial charge is 0.359 e. The molecule has 1 aromatic heterocycles. The molecule has 1 aliphatic rings. The third-order valence-electron chi connectivity index (χ3n) is 3.83. The van der Waals surface area contributed by atoms with Gasteiger partial charge in [0.15, 0.2) is 5.78 Å². The predicted molar refractivity (Wildman–Crippen MR) is 79.2 cm³/mol. The minimum atomic E-state index is -1.14. The fraction of sp³-hybridized carbons (Fsp3) is 0.188. The van der Waals surface area contributed by atoms with E-state index in [9.17, 15) is 14.4 Å². The Balaban J connectivity index is 1.84. The number of benzene rings is 1. The van der Waals surface area contributed by atoms with Crippen LogP contribution in [0.25, 0.3) is 0 Å². The smallest absolute Gasteiger partial charge is 0.325 e. The van der Waals surface area contributed by atoms with Crippen LogP contribution in [-0.4, -0.2) is 34.2 Å². The minimum Gasteiger partial charge on any atom is -0.359 e. The second-order valence-corrected chi connectivity index (χ2v) is 5.32. The van der Waals surface area contributed by atoms with E-state index in [4.69, 9.17) is 0 Å². The van der Waals surface area contributed by atoms with Crippen LogP contribution in [0, 0.1) is 0 Å². The summed E-state index contributed by atoms with van der Waals surface area (Å²) in [5.74, 6) is -0.741. The molecule has 1 aliphatic heterocycles. The van der Waals surface area contributed by atoms with Gasteiger partial charge in [-0.15, -0.1) is 0 Å². The van der Waals surface area contributed by atoms with Crippen molar-refractivity contribution >= 4 is 17.7 Å². The molecule has 6 nitrogen and oxygen atoms in total. The summed E-state index contributed by atoms with van der Waals surface area (Å²) in [6.07, 6.45) is 1.62. The van der Waals surface area contributed by atoms with Gasteiger partial charge in [0.1, 0.15) is 5.54 Å². The van der Waals surface area contributed by atoms with Gasteiger partial charge in [-0.3, -0.25) is 14.5 Å². The van der Waals surface area contributed by atoms with Crippen LogP contribution < -0.4 is 5.32 Å². The molecule has 2 heterocycles. The average Bonchev–Trinajstić information content (AvgIpc) is 3.12. The summed E-state index contributed by atoms with van der Waals surface area (Å²) in [6, 6.07) is 11.7. The molecule has 22 heavy (non-hydrogen) atoms. The Labute approximate surface area is 127 Å². The second kappa shape index (κ2) is 5.14. The van der Waals surface area contributed by atoms with Crippen molar-refractivity contribution in [2.75, 3.05) is 6.54 Å². The number of ketones is 1. The van der Waals surface area contributed by atoms with Crippen LogP contribution in [0.3, 0.4) is 0 Å². The van der Waals surface area contributed by atoms with Crippen molar-refractivity contribution in [3.63, 3.8) is 0 Å². The number of urea groups is 1. The normalized spacial score (nSPS) is 21.0. The van der Waals surface area contributed by atoms with E-state index in [2.05, 4.69) is 10.3 Å². The number of Topliss-reactive ketones (excluding diaryl/α,β-unsaturated/α-hetero) is 1. The van der Waals surface area contributed by atoms with E-state index in [0.29, 0.717) is 11.3 Å². The molecule has 112 valence electrons. The number of carbonyl (C=O) groups excluding carboxylic acids is 3. The third kappa shape index (κ3) is 2.18. The van der Waals surface area contributed by atoms with Gasteiger partial charge in [0.05, 0.1) is 12.2 Å². The zero-order valence-corrected chi connectivity index (χ0v) is 12.0. The van der Waals surface area contributed by atoms with Crippen LogP contribution in [0.15, 0.2) is 48.7 Å². The van der Waals surface area contributed by atoms with E-state index < -0.39 is 17.5 Å². The zero-order valence-electron chi connectivity index (χ0n) is 12.0. The molecular weight excluding hydrogens is 282 g/mol. The first-order chi connectivity index (χ1) is 10.5. The zero-order chi connectivity index (χ0) is 15.7. The van der Waals surface area contributed by atoms with Crippen LogP contribution in [-0.2, 0) is 10.3 Å². The van der Waals surface area contributed by atoms with Gasteiger partial charge in [-0.25, -0.2) is 4.79 Å². The number of aromatic amines is 1. The molecule has 3 rings (SSSR count). The van der Waals surface area contributed by atoms with Gasteiger partial charge in [-0.05, 0) is 24.6 Å². The maximum atomic E-state index is 12.6. The lowest BCUT2D eigenvalue weighted by atomic mass is 9.92. The standard InChI is InChI=1S/C16H15N3O3/c1-16(11-6-3-2-4-7-11)14(21)19(15(22)18-16)10-13(20)12-8-5-9-17-12/h2-9,17H,10H2,1H3,(H,18,22)/t16-/m0/s1. The van der Waals surface area contributed by atoms with Gasteiger partial charge < -0.3 is 10.3 Å². The number of H-pyrrole nitrogens is 1. The van der Waals surface area contributed by atoms with E-state index in [1.54, 1.807) is 49.5 Å². The van der Waals surface area contributed by atoms with Gasteiger partial charge in [0, 0.05) is 6.20 Å². The van der Waals surface area contributed by atoms with Crippen molar-refractivity contribution in [1.82, 2.24) is 15.2 Å². The molecule has 1 atom stereocenters. The van der Waals surface area contributed by atoms with Gasteiger partial charge in [0.2, 0.25) is 0 Å². The second-order valence-electron chi connectivity index (χ2n) is 5.32. The van der Waals surface area contributed by atoms with E-state index in [1.165, 1.54) is 0 Å². The van der Waals surface area contributed by atoms with Crippen LogP contribution in [0.5, 0.6) is 0 Å². The number of hydrogen-bond donors (Lipinski definition) is 2. The van der Waals surface area contributed by atoms with Crippen LogP contribution >= 0.6 is 0 Å². The lowest BCUT2D eigenvalue weighted by molar-refractivity contribution is -0.130. The van der Waals surface area contributed by atoms with Crippen molar-refractivity contribution in [3.05, 3.63) is 59.9 Å². The Kier molecular flexibility index (Phi) is 3.29. The summed E-state index contributed by atoms with van der Waals surface area (Å²) in [7, 11) is 0. The molecular formula is C16H15N3O3. The van der Waals surface area contributed by atoms with Gasteiger partial charge in [0.25, 0.3) is 5.91 Å². The molecule has 0 saturated carbocycles. The third-order valence-corrected chi connectivity index (χ3v) is 3.83. The van der Waals surface area contributed by atoms with Gasteiger partial charge in [-0.2, -0.15) is 0 Å². The molecule has 0 aliphatic carbocycles. The Morgan fingerprint density at radius 2 is 1.86 bits per heavy atom. The summed E-state index contributed by atoms with van der Waals surface area (Å²) in [6.45, 7) is 1.36. The monoisotopic (exact) mass is 297 g/mol. The summed E-state index contributed by atoms with van der Waals surface area (Å²) >= 11 is 0. The molecule has 1 saturated heterocycles. The topological polar surface area (TPSA) is 82.3 Å². The molecule has 2 aromatic rings. The summed E-state index contributed by atoms with van der Waals surface area (Å²) in [5, 5.41) is 2.67. The number of rotatable bonds is 4. The van der Waals surface area contributed by atoms with Crippen molar-refractivity contribution < 1.29 is 14.4 Å². The number of imide groups is 1. The first-order valence-electron chi connectivity index (χ1n) is 6.88. The lowest BCUT2D eigenvalue weighted by Crippen LogP contribution is -2.41. The number of aromatic nitrogens is 1. The fourth-order valence-electron chi connectivity index (χ4n) is 2.54. The number of nitrogens with one attached hydrogen (secondary N) is 2. The van der Waals surface area contributed by atoms with Gasteiger partial charge in [-0.1, -0.05) is 30.3 Å². The van der Waals surface area contributed by atoms with E-state index in [0.717, 1.165) is 4.90 Å². The lowest BCUT2D eigenvalue weighted by Gasteiger charge is -2.21. The number of carbonyl (C=O) groups is 3. The molecule has 1 fully saturated rings. The number of hydrogen-bond acceptors (Lipinski definition) is 3. The molecule has 0 radical (unpaired) electrons. The summed E-state index contributed by atoms with van der Waals surface area (Å²) in [5.41, 5.74) is -0.0916. The van der Waals surface area contributed by atoms with E-state index in [-0.39, 0.29) is 12.3 Å². The van der Waals surface area contributed by atoms with Crippen LogP contribution in [0.1, 0.15) is 23.0 Å². The molecule has 0 bridgehead atoms. The average molecular weight is 297 g/mol. The molecule has 2 N–H and O–H groups in total. The molecule has 1 aromatic carbocycles. The highest BCUT2D eigenvalue weighted by atomic mass is 16.2. The Bertz CT molecular complexity index is 724. The first-order valence-corrected chi connectivity index (χ1v) is 6.88. The van der Waals surface area contributed by atoms with E-state index in [1.807, 2.05) is 6.07 Å². The molecule has 0 spiro atoms. The first kappa shape index (κ1) is 14.1. The maximum absolute atomic E-state index is 12.6. The Hall–Kier alpha value is -2.89. The number of nitrogens with zero attached hydrogens (tertiary/aromatic N) is 1. The summed E-state index contributed by atoms with van der Waals surface area (Å²) in [4.78, 5) is 40.6. The van der Waals surface area contributed by atoms with Crippen LogP contribution in [0.4, 0.5) is 4.79 Å². The highest BCUT2D eigenvalue weighted by Gasteiger charge is 2.49. The molecule has 3 amide bonds. The van der Waals surface area contributed by atoms with Crippen molar-refractivity contribution in [2.24, 2.45) is 0 Å². The SMILES string of the molecule is C[C@@]1(c2ccccc2)NC(=O)N(CC(=O)c2ccc[nH]2)C1=O. The predicted octanol–water partition coefficient (Wildman–Crippen LogP) is 1.66. The van der Waals surface area contributed by atoms with Crippen LogP contribution in [0.2, 0.25) is 0 Å². The Morgan fingerprint density at radius 1 is 1.14 bits per heavy atom. The quantitative estimate of drug-likeness (QED) is 0.665. The maximum Gasteiger partial charge on any atom is 0.325 e. The minimum absolute atomic E-state index is 0.284. The molecule has 6 heteroatoms. The van der Waals surface area contributed by atoms with E-state index >= 15 is 0 Å². The summed E-state index contributed by atoms with van der Waals surface area (Å²) < 4.78 is 0. The Morgan fingerprint density at radius 3 is 2.50 bits per heavy atom. The fourth-order valence-corrected chi connectivity index (χ4v) is 2.54.